The Kier molecular flexibility index (Phi) is 3.84. The Morgan fingerprint density at radius 2 is 1.85 bits per heavy atom. The first kappa shape index (κ1) is 14.2. The number of sulfonamides is 1. The number of ether oxygens (including phenoxy) is 2. The van der Waals surface area contributed by atoms with Crippen molar-refractivity contribution in [3.8, 4) is 11.5 Å². The van der Waals surface area contributed by atoms with Crippen LogP contribution in [-0.4, -0.2) is 32.8 Å². The lowest BCUT2D eigenvalue weighted by molar-refractivity contribution is 0.353. The number of aromatic amines is 1. The van der Waals surface area contributed by atoms with Gasteiger partial charge in [0.2, 0.25) is 0 Å². The van der Waals surface area contributed by atoms with Crippen LogP contribution in [-0.2, 0) is 10.0 Å². The number of aromatic nitrogens is 2. The lowest BCUT2D eigenvalue weighted by Gasteiger charge is -2.13. The Hall–Kier alpha value is -2.22. The van der Waals surface area contributed by atoms with Crippen molar-refractivity contribution in [2.24, 2.45) is 0 Å². The predicted molar refractivity (Wildman–Crippen MR) is 73.7 cm³/mol. The fraction of sp³-hybridized carbons (Fsp3) is 0.250. The van der Waals surface area contributed by atoms with Gasteiger partial charge in [-0.15, -0.1) is 0 Å². The minimum Gasteiger partial charge on any atom is -0.493 e. The van der Waals surface area contributed by atoms with Gasteiger partial charge >= 0.3 is 0 Å². The van der Waals surface area contributed by atoms with Crippen LogP contribution in [0.5, 0.6) is 11.5 Å². The van der Waals surface area contributed by atoms with Gasteiger partial charge in [0.05, 0.1) is 31.0 Å². The van der Waals surface area contributed by atoms with Crippen molar-refractivity contribution in [1.29, 1.82) is 0 Å². The third kappa shape index (κ3) is 2.69. The molecule has 1 heterocycles. The van der Waals surface area contributed by atoms with E-state index in [-0.39, 0.29) is 4.90 Å². The summed E-state index contributed by atoms with van der Waals surface area (Å²) in [6.45, 7) is 1.69. The van der Waals surface area contributed by atoms with Crippen LogP contribution in [0.3, 0.4) is 0 Å². The van der Waals surface area contributed by atoms with E-state index in [1.54, 1.807) is 13.0 Å². The summed E-state index contributed by atoms with van der Waals surface area (Å²) in [6, 6.07) is 3.04. The van der Waals surface area contributed by atoms with E-state index in [2.05, 4.69) is 14.9 Å². The highest BCUT2D eigenvalue weighted by molar-refractivity contribution is 7.92. The molecule has 0 unspecified atom stereocenters. The minimum absolute atomic E-state index is 0.122. The lowest BCUT2D eigenvalue weighted by Crippen LogP contribution is -2.14. The molecule has 0 atom stereocenters. The quantitative estimate of drug-likeness (QED) is 0.873. The summed E-state index contributed by atoms with van der Waals surface area (Å²) < 4.78 is 37.4. The maximum atomic E-state index is 12.3. The molecule has 0 amide bonds. The second kappa shape index (κ2) is 5.41. The molecular weight excluding hydrogens is 282 g/mol. The largest absolute Gasteiger partial charge is 0.493 e. The number of hydrogen-bond donors (Lipinski definition) is 2. The van der Waals surface area contributed by atoms with E-state index >= 15 is 0 Å². The van der Waals surface area contributed by atoms with Gasteiger partial charge in [0, 0.05) is 12.3 Å². The monoisotopic (exact) mass is 297 g/mol. The van der Waals surface area contributed by atoms with E-state index in [4.69, 9.17) is 9.47 Å². The van der Waals surface area contributed by atoms with E-state index in [0.717, 1.165) is 0 Å². The number of anilines is 1. The van der Waals surface area contributed by atoms with Crippen LogP contribution in [0.2, 0.25) is 0 Å². The van der Waals surface area contributed by atoms with E-state index in [9.17, 15) is 8.42 Å². The molecule has 0 bridgehead atoms. The second-order valence-corrected chi connectivity index (χ2v) is 5.72. The Bertz CT molecular complexity index is 696. The van der Waals surface area contributed by atoms with Gasteiger partial charge in [-0.1, -0.05) is 0 Å². The molecule has 8 heteroatoms. The number of nitrogens with one attached hydrogen (secondary N) is 2. The fourth-order valence-corrected chi connectivity index (χ4v) is 3.05. The highest BCUT2D eigenvalue weighted by Gasteiger charge is 2.20. The average molecular weight is 297 g/mol. The van der Waals surface area contributed by atoms with Crippen molar-refractivity contribution in [1.82, 2.24) is 10.2 Å². The van der Waals surface area contributed by atoms with Crippen LogP contribution in [0.4, 0.5) is 5.69 Å². The van der Waals surface area contributed by atoms with Crippen molar-refractivity contribution in [2.45, 2.75) is 11.8 Å². The van der Waals surface area contributed by atoms with Crippen molar-refractivity contribution in [2.75, 3.05) is 18.9 Å². The van der Waals surface area contributed by atoms with Crippen LogP contribution in [0.25, 0.3) is 0 Å². The predicted octanol–water partition coefficient (Wildman–Crippen LogP) is 1.54. The highest BCUT2D eigenvalue weighted by atomic mass is 32.2. The number of methoxy groups -OCH3 is 2. The zero-order valence-electron chi connectivity index (χ0n) is 11.3. The fourth-order valence-electron chi connectivity index (χ4n) is 1.77. The zero-order chi connectivity index (χ0) is 14.8. The molecule has 108 valence electrons. The molecule has 1 aromatic carbocycles. The number of nitrogens with zero attached hydrogens (tertiary/aromatic N) is 1. The Balaban J connectivity index is 2.46. The molecule has 0 spiro atoms. The number of rotatable bonds is 5. The molecular formula is C12H15N3O4S. The summed E-state index contributed by atoms with van der Waals surface area (Å²) in [5.74, 6) is 0.831. The summed E-state index contributed by atoms with van der Waals surface area (Å²) in [7, 11) is -0.770. The molecule has 2 aromatic rings. The smallest absolute Gasteiger partial charge is 0.262 e. The maximum Gasteiger partial charge on any atom is 0.262 e. The second-order valence-electron chi connectivity index (χ2n) is 4.07. The molecule has 0 aliphatic rings. The third-order valence-corrected chi connectivity index (χ3v) is 4.24. The summed E-state index contributed by atoms with van der Waals surface area (Å²) >= 11 is 0. The van der Waals surface area contributed by atoms with Crippen molar-refractivity contribution in [3.63, 3.8) is 0 Å². The van der Waals surface area contributed by atoms with E-state index < -0.39 is 10.0 Å². The Morgan fingerprint density at radius 1 is 1.20 bits per heavy atom. The molecule has 0 saturated heterocycles. The van der Waals surface area contributed by atoms with Crippen LogP contribution in [0.1, 0.15) is 5.56 Å². The molecule has 0 aliphatic heterocycles. The molecule has 20 heavy (non-hydrogen) atoms. The third-order valence-electron chi connectivity index (χ3n) is 2.72. The Morgan fingerprint density at radius 3 is 2.40 bits per heavy atom. The van der Waals surface area contributed by atoms with Gasteiger partial charge in [-0.05, 0) is 18.6 Å². The van der Waals surface area contributed by atoms with Crippen molar-refractivity contribution >= 4 is 15.7 Å². The molecule has 0 fully saturated rings. The molecule has 2 rings (SSSR count). The first-order valence-electron chi connectivity index (χ1n) is 5.72. The van der Waals surface area contributed by atoms with Crippen LogP contribution in [0, 0.1) is 6.92 Å². The van der Waals surface area contributed by atoms with E-state index in [1.165, 1.54) is 32.7 Å². The standard InChI is InChI=1S/C12H15N3O4S/c1-8-4-10(18-2)11(19-3)5-12(8)20(16,17)15-9-6-13-14-7-9/h4-7,15H,1-3H3,(H,13,14). The molecule has 0 saturated carbocycles. The Labute approximate surface area is 117 Å². The van der Waals surface area contributed by atoms with Gasteiger partial charge in [0.25, 0.3) is 10.0 Å². The van der Waals surface area contributed by atoms with Gasteiger partial charge in [0.1, 0.15) is 0 Å². The molecule has 7 nitrogen and oxygen atoms in total. The maximum absolute atomic E-state index is 12.3. The SMILES string of the molecule is COc1cc(C)c(S(=O)(=O)Nc2cn[nH]c2)cc1OC. The minimum atomic E-state index is -3.72. The van der Waals surface area contributed by atoms with Crippen LogP contribution < -0.4 is 14.2 Å². The number of hydrogen-bond acceptors (Lipinski definition) is 5. The van der Waals surface area contributed by atoms with Crippen molar-refractivity contribution in [3.05, 3.63) is 30.1 Å². The first-order chi connectivity index (χ1) is 9.47. The first-order valence-corrected chi connectivity index (χ1v) is 7.20. The molecule has 0 aliphatic carbocycles. The van der Waals surface area contributed by atoms with Gasteiger partial charge < -0.3 is 9.47 Å². The van der Waals surface area contributed by atoms with Crippen LogP contribution in [0.15, 0.2) is 29.4 Å². The summed E-state index contributed by atoms with van der Waals surface area (Å²) in [5.41, 5.74) is 0.915. The topological polar surface area (TPSA) is 93.3 Å². The van der Waals surface area contributed by atoms with E-state index in [1.807, 2.05) is 0 Å². The van der Waals surface area contributed by atoms with Gasteiger partial charge in [-0.3, -0.25) is 9.82 Å². The average Bonchev–Trinajstić information content (AvgIpc) is 2.90. The number of aryl methyl sites for hydroxylation is 1. The summed E-state index contributed by atoms with van der Waals surface area (Å²) in [5, 5.41) is 6.22. The normalized spacial score (nSPS) is 11.2. The molecule has 1 aromatic heterocycles. The zero-order valence-corrected chi connectivity index (χ0v) is 12.1. The summed E-state index contributed by atoms with van der Waals surface area (Å²) in [6.07, 6.45) is 2.83. The van der Waals surface area contributed by atoms with E-state index in [0.29, 0.717) is 22.7 Å². The van der Waals surface area contributed by atoms with Crippen LogP contribution >= 0.6 is 0 Å². The number of benzene rings is 1. The van der Waals surface area contributed by atoms with Gasteiger partial charge in [-0.2, -0.15) is 5.10 Å². The number of H-pyrrole nitrogens is 1. The summed E-state index contributed by atoms with van der Waals surface area (Å²) in [4.78, 5) is 0.122. The molecule has 2 N–H and O–H groups in total. The van der Waals surface area contributed by atoms with Gasteiger partial charge in [0.15, 0.2) is 11.5 Å². The highest BCUT2D eigenvalue weighted by Crippen LogP contribution is 2.32. The van der Waals surface area contributed by atoms with Crippen molar-refractivity contribution < 1.29 is 17.9 Å². The lowest BCUT2D eigenvalue weighted by atomic mass is 10.2. The van der Waals surface area contributed by atoms with Gasteiger partial charge in [-0.25, -0.2) is 8.42 Å². The molecule has 0 radical (unpaired) electrons.